The number of nitrogens with one attached hydrogen (secondary N) is 1. The van der Waals surface area contributed by atoms with Crippen LogP contribution in [0.3, 0.4) is 0 Å². The van der Waals surface area contributed by atoms with E-state index in [9.17, 15) is 4.79 Å². The van der Waals surface area contributed by atoms with Crippen molar-refractivity contribution in [2.75, 3.05) is 19.9 Å². The third kappa shape index (κ3) is 3.99. The van der Waals surface area contributed by atoms with Crippen molar-refractivity contribution < 1.29 is 19.0 Å². The molecule has 1 aromatic rings. The molecule has 0 aromatic heterocycles. The zero-order chi connectivity index (χ0) is 13.5. The first-order valence-electron chi connectivity index (χ1n) is 6.22. The number of benzene rings is 1. The van der Waals surface area contributed by atoms with Crippen molar-refractivity contribution in [2.45, 2.75) is 13.5 Å². The summed E-state index contributed by atoms with van der Waals surface area (Å²) in [4.78, 5) is 11.0. The predicted molar refractivity (Wildman–Crippen MR) is 70.0 cm³/mol. The second kappa shape index (κ2) is 6.80. The van der Waals surface area contributed by atoms with E-state index in [1.165, 1.54) is 6.08 Å². The highest BCUT2D eigenvalue weighted by Crippen LogP contribution is 2.32. The Morgan fingerprint density at radius 3 is 3.11 bits per heavy atom. The number of hydrogen-bond acceptors (Lipinski definition) is 5. The van der Waals surface area contributed by atoms with Gasteiger partial charge in [-0.15, -0.1) is 0 Å². The van der Waals surface area contributed by atoms with Gasteiger partial charge in [0.15, 0.2) is 11.5 Å². The standard InChI is InChI=1S/C14H17NO4/c1-2-17-14(16)4-3-7-15-9-11-5-6-12-13(8-11)19-10-18-12/h3-6,8,15H,2,7,9-10H2,1H3/b4-3+. The first-order chi connectivity index (χ1) is 9.29. The van der Waals surface area contributed by atoms with E-state index in [0.29, 0.717) is 19.7 Å². The number of ether oxygens (including phenoxy) is 3. The predicted octanol–water partition coefficient (Wildman–Crippen LogP) is 1.62. The summed E-state index contributed by atoms with van der Waals surface area (Å²) in [7, 11) is 0. The van der Waals surface area contributed by atoms with Crippen molar-refractivity contribution in [3.05, 3.63) is 35.9 Å². The number of hydrogen-bond donors (Lipinski definition) is 1. The molecule has 0 bridgehead atoms. The maximum atomic E-state index is 11.0. The van der Waals surface area contributed by atoms with E-state index >= 15 is 0 Å². The molecule has 0 amide bonds. The van der Waals surface area contributed by atoms with Crippen molar-refractivity contribution in [1.29, 1.82) is 0 Å². The molecule has 1 aliphatic heterocycles. The SMILES string of the molecule is CCOC(=O)/C=C/CNCc1ccc2c(c1)OCO2. The number of fused-ring (bicyclic) bond motifs is 1. The average Bonchev–Trinajstić information content (AvgIpc) is 2.86. The van der Waals surface area contributed by atoms with Crippen molar-refractivity contribution in [3.63, 3.8) is 0 Å². The summed E-state index contributed by atoms with van der Waals surface area (Å²) < 4.78 is 15.3. The Hall–Kier alpha value is -2.01. The Bertz CT molecular complexity index is 471. The minimum absolute atomic E-state index is 0.286. The zero-order valence-electron chi connectivity index (χ0n) is 10.8. The van der Waals surface area contributed by atoms with E-state index in [1.807, 2.05) is 18.2 Å². The Labute approximate surface area is 112 Å². The second-order valence-electron chi connectivity index (χ2n) is 3.97. The van der Waals surface area contributed by atoms with Crippen LogP contribution in [0.2, 0.25) is 0 Å². The van der Waals surface area contributed by atoms with Crippen LogP contribution in [0.5, 0.6) is 11.5 Å². The van der Waals surface area contributed by atoms with Gasteiger partial charge in [0.05, 0.1) is 6.61 Å². The molecule has 1 aliphatic rings. The number of carbonyl (C=O) groups excluding carboxylic acids is 1. The number of rotatable bonds is 6. The first-order valence-corrected chi connectivity index (χ1v) is 6.22. The van der Waals surface area contributed by atoms with Gasteiger partial charge < -0.3 is 19.5 Å². The Morgan fingerprint density at radius 2 is 2.26 bits per heavy atom. The van der Waals surface area contributed by atoms with E-state index in [0.717, 1.165) is 17.1 Å². The van der Waals surface area contributed by atoms with Gasteiger partial charge in [0.25, 0.3) is 0 Å². The van der Waals surface area contributed by atoms with E-state index < -0.39 is 0 Å². The lowest BCUT2D eigenvalue weighted by Gasteiger charge is -2.03. The molecular weight excluding hydrogens is 246 g/mol. The summed E-state index contributed by atoms with van der Waals surface area (Å²) in [5, 5.41) is 3.20. The van der Waals surface area contributed by atoms with Crippen molar-refractivity contribution in [2.24, 2.45) is 0 Å². The average molecular weight is 263 g/mol. The molecule has 0 atom stereocenters. The van der Waals surface area contributed by atoms with E-state index in [1.54, 1.807) is 13.0 Å². The van der Waals surface area contributed by atoms with Gasteiger partial charge in [0.2, 0.25) is 6.79 Å². The second-order valence-corrected chi connectivity index (χ2v) is 3.97. The highest BCUT2D eigenvalue weighted by atomic mass is 16.7. The van der Waals surface area contributed by atoms with Crippen LogP contribution in [0.25, 0.3) is 0 Å². The smallest absolute Gasteiger partial charge is 0.330 e. The minimum atomic E-state index is -0.313. The highest BCUT2D eigenvalue weighted by molar-refractivity contribution is 5.81. The summed E-state index contributed by atoms with van der Waals surface area (Å²) in [6.07, 6.45) is 3.17. The van der Waals surface area contributed by atoms with Crippen LogP contribution in [0.1, 0.15) is 12.5 Å². The normalized spacial score (nSPS) is 12.9. The van der Waals surface area contributed by atoms with Crippen LogP contribution in [0.4, 0.5) is 0 Å². The van der Waals surface area contributed by atoms with Crippen molar-refractivity contribution in [1.82, 2.24) is 5.32 Å². The highest BCUT2D eigenvalue weighted by Gasteiger charge is 2.12. The molecule has 0 fully saturated rings. The van der Waals surface area contributed by atoms with Gasteiger partial charge in [0, 0.05) is 19.2 Å². The van der Waals surface area contributed by atoms with Gasteiger partial charge in [0.1, 0.15) is 0 Å². The molecule has 0 unspecified atom stereocenters. The Kier molecular flexibility index (Phi) is 4.80. The van der Waals surface area contributed by atoms with Crippen LogP contribution in [-0.2, 0) is 16.1 Å². The summed E-state index contributed by atoms with van der Waals surface area (Å²) in [5.41, 5.74) is 1.11. The molecule has 5 heteroatoms. The maximum Gasteiger partial charge on any atom is 0.330 e. The molecule has 1 N–H and O–H groups in total. The molecule has 102 valence electrons. The third-order valence-electron chi connectivity index (χ3n) is 2.57. The molecule has 19 heavy (non-hydrogen) atoms. The Morgan fingerprint density at radius 1 is 1.42 bits per heavy atom. The van der Waals surface area contributed by atoms with Crippen LogP contribution >= 0.6 is 0 Å². The summed E-state index contributed by atoms with van der Waals surface area (Å²) in [6.45, 7) is 3.77. The van der Waals surface area contributed by atoms with E-state index in [4.69, 9.17) is 14.2 Å². The first kappa shape index (κ1) is 13.4. The number of carbonyl (C=O) groups is 1. The van der Waals surface area contributed by atoms with Crippen LogP contribution in [0.15, 0.2) is 30.4 Å². The van der Waals surface area contributed by atoms with Crippen LogP contribution in [-0.4, -0.2) is 25.9 Å². The molecule has 5 nitrogen and oxygen atoms in total. The fraction of sp³-hybridized carbons (Fsp3) is 0.357. The number of esters is 1. The van der Waals surface area contributed by atoms with Crippen molar-refractivity contribution >= 4 is 5.97 Å². The maximum absolute atomic E-state index is 11.0. The molecule has 1 aromatic carbocycles. The third-order valence-corrected chi connectivity index (χ3v) is 2.57. The lowest BCUT2D eigenvalue weighted by atomic mass is 10.2. The quantitative estimate of drug-likeness (QED) is 0.480. The summed E-state index contributed by atoms with van der Waals surface area (Å²) >= 11 is 0. The lowest BCUT2D eigenvalue weighted by Crippen LogP contribution is -2.13. The van der Waals surface area contributed by atoms with Crippen molar-refractivity contribution in [3.8, 4) is 11.5 Å². The Balaban J connectivity index is 1.73. The van der Waals surface area contributed by atoms with E-state index in [2.05, 4.69) is 5.32 Å². The van der Waals surface area contributed by atoms with Gasteiger partial charge in [-0.3, -0.25) is 0 Å². The molecular formula is C14H17NO4. The fourth-order valence-electron chi connectivity index (χ4n) is 1.70. The van der Waals surface area contributed by atoms with Crippen LogP contribution in [0, 0.1) is 0 Å². The minimum Gasteiger partial charge on any atom is -0.463 e. The summed E-state index contributed by atoms with van der Waals surface area (Å²) in [6, 6.07) is 5.83. The van der Waals surface area contributed by atoms with Gasteiger partial charge >= 0.3 is 5.97 Å². The molecule has 0 saturated carbocycles. The molecule has 2 rings (SSSR count). The monoisotopic (exact) mass is 263 g/mol. The van der Waals surface area contributed by atoms with Gasteiger partial charge in [-0.1, -0.05) is 12.1 Å². The molecule has 0 spiro atoms. The molecule has 1 heterocycles. The van der Waals surface area contributed by atoms with Crippen LogP contribution < -0.4 is 14.8 Å². The molecule has 0 aliphatic carbocycles. The largest absolute Gasteiger partial charge is 0.463 e. The fourth-order valence-corrected chi connectivity index (χ4v) is 1.70. The van der Waals surface area contributed by atoms with Gasteiger partial charge in [-0.25, -0.2) is 4.79 Å². The van der Waals surface area contributed by atoms with Gasteiger partial charge in [-0.05, 0) is 24.6 Å². The topological polar surface area (TPSA) is 56.8 Å². The van der Waals surface area contributed by atoms with Gasteiger partial charge in [-0.2, -0.15) is 0 Å². The molecule has 0 saturated heterocycles. The lowest BCUT2D eigenvalue weighted by molar-refractivity contribution is -0.137. The van der Waals surface area contributed by atoms with E-state index in [-0.39, 0.29) is 12.8 Å². The summed E-state index contributed by atoms with van der Waals surface area (Å²) in [5.74, 6) is 1.25. The zero-order valence-corrected chi connectivity index (χ0v) is 10.8. The molecule has 0 radical (unpaired) electrons.